The monoisotopic (exact) mass is 351 g/mol. The van der Waals surface area contributed by atoms with Gasteiger partial charge < -0.3 is 10.1 Å². The topological polar surface area (TPSA) is 125 Å². The van der Waals surface area contributed by atoms with E-state index in [1.165, 1.54) is 36.4 Å². The van der Waals surface area contributed by atoms with E-state index in [0.29, 0.717) is 0 Å². The minimum Gasteiger partial charge on any atom is -0.484 e. The molecule has 0 unspecified atom stereocenters. The summed E-state index contributed by atoms with van der Waals surface area (Å²) in [4.78, 5) is 31.9. The average molecular weight is 352 g/mol. The number of nitro benzene ring substituents is 2. The number of rotatable bonds is 6. The van der Waals surface area contributed by atoms with Crippen molar-refractivity contribution in [1.29, 1.82) is 0 Å². The summed E-state index contributed by atoms with van der Waals surface area (Å²) >= 11 is 5.68. The molecule has 0 fully saturated rings. The second-order valence-corrected chi connectivity index (χ2v) is 4.92. The van der Waals surface area contributed by atoms with Gasteiger partial charge in [-0.2, -0.15) is 0 Å². The molecule has 0 aromatic heterocycles. The molecule has 1 N–H and O–H groups in total. The van der Waals surface area contributed by atoms with E-state index >= 15 is 0 Å². The largest absolute Gasteiger partial charge is 0.484 e. The first-order valence-corrected chi connectivity index (χ1v) is 6.85. The minimum atomic E-state index is -0.661. The third-order valence-electron chi connectivity index (χ3n) is 2.84. The second-order valence-electron chi connectivity index (χ2n) is 4.51. The van der Waals surface area contributed by atoms with Gasteiger partial charge in [-0.25, -0.2) is 0 Å². The van der Waals surface area contributed by atoms with Crippen LogP contribution in [0.3, 0.4) is 0 Å². The zero-order valence-corrected chi connectivity index (χ0v) is 12.7. The molecule has 0 bridgehead atoms. The number of carbonyl (C=O) groups is 1. The van der Waals surface area contributed by atoms with Crippen LogP contribution < -0.4 is 10.1 Å². The van der Waals surface area contributed by atoms with Crippen molar-refractivity contribution in [2.24, 2.45) is 0 Å². The number of nitrogens with zero attached hydrogens (tertiary/aromatic N) is 2. The van der Waals surface area contributed by atoms with Gasteiger partial charge in [0.1, 0.15) is 10.8 Å². The molecule has 0 radical (unpaired) electrons. The van der Waals surface area contributed by atoms with E-state index in [-0.39, 0.29) is 34.4 Å². The van der Waals surface area contributed by atoms with E-state index in [4.69, 9.17) is 16.3 Å². The molecule has 0 aliphatic heterocycles. The van der Waals surface area contributed by atoms with Crippen LogP contribution in [0.2, 0.25) is 5.02 Å². The van der Waals surface area contributed by atoms with Crippen molar-refractivity contribution in [3.63, 3.8) is 0 Å². The highest BCUT2D eigenvalue weighted by atomic mass is 35.5. The molecule has 24 heavy (non-hydrogen) atoms. The second kappa shape index (κ2) is 7.38. The smallest absolute Gasteiger partial charge is 0.289 e. The quantitative estimate of drug-likeness (QED) is 0.629. The number of hydrogen-bond donors (Lipinski definition) is 1. The molecule has 0 atom stereocenters. The van der Waals surface area contributed by atoms with E-state index < -0.39 is 15.8 Å². The highest BCUT2D eigenvalue weighted by Gasteiger charge is 2.14. The summed E-state index contributed by atoms with van der Waals surface area (Å²) in [7, 11) is 0. The van der Waals surface area contributed by atoms with Crippen LogP contribution >= 0.6 is 11.6 Å². The molecule has 10 heteroatoms. The third-order valence-corrected chi connectivity index (χ3v) is 3.16. The molecule has 0 spiro atoms. The predicted octanol–water partition coefficient (Wildman–Crippen LogP) is 3.17. The summed E-state index contributed by atoms with van der Waals surface area (Å²) < 4.78 is 5.18. The Morgan fingerprint density at radius 2 is 1.75 bits per heavy atom. The summed E-state index contributed by atoms with van der Waals surface area (Å²) in [5.74, 6) is -0.275. The van der Waals surface area contributed by atoms with E-state index in [0.717, 1.165) is 6.07 Å². The Kier molecular flexibility index (Phi) is 5.27. The van der Waals surface area contributed by atoms with Gasteiger partial charge in [-0.3, -0.25) is 25.0 Å². The molecule has 0 heterocycles. The van der Waals surface area contributed by atoms with Crippen molar-refractivity contribution in [3.05, 3.63) is 67.7 Å². The lowest BCUT2D eigenvalue weighted by molar-refractivity contribution is -0.385. The molecule has 2 aromatic rings. The van der Waals surface area contributed by atoms with Crippen LogP contribution in [0.15, 0.2) is 42.5 Å². The molecular weight excluding hydrogens is 342 g/mol. The number of carbonyl (C=O) groups excluding carboxylic acids is 1. The molecule has 124 valence electrons. The third kappa shape index (κ3) is 4.40. The van der Waals surface area contributed by atoms with E-state index in [9.17, 15) is 25.0 Å². The first-order chi connectivity index (χ1) is 11.4. The first-order valence-electron chi connectivity index (χ1n) is 6.48. The number of hydrogen-bond acceptors (Lipinski definition) is 6. The van der Waals surface area contributed by atoms with Crippen molar-refractivity contribution in [3.8, 4) is 5.75 Å². The van der Waals surface area contributed by atoms with Crippen molar-refractivity contribution in [1.82, 2.24) is 0 Å². The van der Waals surface area contributed by atoms with Gasteiger partial charge >= 0.3 is 0 Å². The normalized spacial score (nSPS) is 10.0. The van der Waals surface area contributed by atoms with Crippen LogP contribution in [0.25, 0.3) is 0 Å². The summed E-state index contributed by atoms with van der Waals surface area (Å²) in [5.41, 5.74) is -0.227. The summed E-state index contributed by atoms with van der Waals surface area (Å²) in [5, 5.41) is 23.7. The Morgan fingerprint density at radius 3 is 2.33 bits per heavy atom. The van der Waals surface area contributed by atoms with E-state index in [1.807, 2.05) is 0 Å². The Balaban J connectivity index is 1.95. The molecule has 1 amide bonds. The fourth-order valence-corrected chi connectivity index (χ4v) is 1.93. The van der Waals surface area contributed by atoms with Gasteiger partial charge in [0, 0.05) is 23.9 Å². The van der Waals surface area contributed by atoms with Crippen molar-refractivity contribution in [2.75, 3.05) is 11.9 Å². The predicted molar refractivity (Wildman–Crippen MR) is 85.3 cm³/mol. The first kappa shape index (κ1) is 17.2. The number of non-ortho nitro benzene ring substituents is 1. The number of amides is 1. The van der Waals surface area contributed by atoms with Crippen LogP contribution in [0.5, 0.6) is 5.75 Å². The maximum atomic E-state index is 11.8. The highest BCUT2D eigenvalue weighted by Crippen LogP contribution is 2.27. The molecule has 2 rings (SSSR count). The van der Waals surface area contributed by atoms with Gasteiger partial charge in [-0.15, -0.1) is 0 Å². The number of ether oxygens (including phenoxy) is 1. The molecule has 9 nitrogen and oxygen atoms in total. The van der Waals surface area contributed by atoms with Gasteiger partial charge in [0.05, 0.1) is 9.85 Å². The number of halogens is 1. The SMILES string of the molecule is O=C(COc1ccc([N+](=O)[O-])cc1)Nc1ccc(Cl)c([N+](=O)[O-])c1. The zero-order valence-electron chi connectivity index (χ0n) is 12.0. The van der Waals surface area contributed by atoms with E-state index in [2.05, 4.69) is 5.32 Å². The van der Waals surface area contributed by atoms with Crippen LogP contribution in [0, 0.1) is 20.2 Å². The van der Waals surface area contributed by atoms with Gasteiger partial charge in [-0.05, 0) is 24.3 Å². The zero-order chi connectivity index (χ0) is 17.7. The lowest BCUT2D eigenvalue weighted by atomic mass is 10.3. The van der Waals surface area contributed by atoms with Crippen molar-refractivity contribution < 1.29 is 19.4 Å². The van der Waals surface area contributed by atoms with Gasteiger partial charge in [-0.1, -0.05) is 11.6 Å². The summed E-state index contributed by atoms with van der Waals surface area (Å²) in [6.07, 6.45) is 0. The maximum Gasteiger partial charge on any atom is 0.289 e. The highest BCUT2D eigenvalue weighted by molar-refractivity contribution is 6.32. The van der Waals surface area contributed by atoms with Gasteiger partial charge in [0.2, 0.25) is 0 Å². The molecule has 2 aromatic carbocycles. The maximum absolute atomic E-state index is 11.8. The number of nitrogens with one attached hydrogen (secondary N) is 1. The van der Waals surface area contributed by atoms with Crippen molar-refractivity contribution in [2.45, 2.75) is 0 Å². The van der Waals surface area contributed by atoms with Crippen molar-refractivity contribution >= 4 is 34.6 Å². The fourth-order valence-electron chi connectivity index (χ4n) is 1.74. The Labute approximate surface area is 140 Å². The van der Waals surface area contributed by atoms with Crippen LogP contribution in [-0.4, -0.2) is 22.4 Å². The number of nitro groups is 2. The Morgan fingerprint density at radius 1 is 1.08 bits per heavy atom. The Bertz CT molecular complexity index is 794. The molecule has 0 saturated carbocycles. The Hall–Kier alpha value is -3.20. The molecule has 0 aliphatic carbocycles. The number of anilines is 1. The minimum absolute atomic E-state index is 0.0415. The van der Waals surface area contributed by atoms with Gasteiger partial charge in [0.25, 0.3) is 17.3 Å². The lowest BCUT2D eigenvalue weighted by Crippen LogP contribution is -2.20. The van der Waals surface area contributed by atoms with Gasteiger partial charge in [0.15, 0.2) is 6.61 Å². The summed E-state index contributed by atoms with van der Waals surface area (Å²) in [6.45, 7) is -0.367. The van der Waals surface area contributed by atoms with Crippen LogP contribution in [0.4, 0.5) is 17.1 Å². The molecule has 0 aliphatic rings. The standard InChI is InChI=1S/C14H10ClN3O6/c15-12-6-1-9(7-13(12)18(22)23)16-14(19)8-24-11-4-2-10(3-5-11)17(20)21/h1-7H,8H2,(H,16,19). The number of benzene rings is 2. The molecular formula is C14H10ClN3O6. The fraction of sp³-hybridized carbons (Fsp3) is 0.0714. The summed E-state index contributed by atoms with van der Waals surface area (Å²) in [6, 6.07) is 9.06. The van der Waals surface area contributed by atoms with Crippen LogP contribution in [0.1, 0.15) is 0 Å². The average Bonchev–Trinajstić information content (AvgIpc) is 2.55. The lowest BCUT2D eigenvalue weighted by Gasteiger charge is -2.07. The van der Waals surface area contributed by atoms with E-state index in [1.54, 1.807) is 0 Å². The van der Waals surface area contributed by atoms with Crippen LogP contribution in [-0.2, 0) is 4.79 Å². The molecule has 0 saturated heterocycles.